The highest BCUT2D eigenvalue weighted by Crippen LogP contribution is 2.40. The lowest BCUT2D eigenvalue weighted by molar-refractivity contribution is -0.150. The highest BCUT2D eigenvalue weighted by molar-refractivity contribution is 5.69. The number of likely N-dealkylation sites (tertiary alicyclic amines) is 1. The van der Waals surface area contributed by atoms with Gasteiger partial charge in [0.05, 0.1) is 13.2 Å². The van der Waals surface area contributed by atoms with Crippen molar-refractivity contribution in [2.24, 2.45) is 5.41 Å². The molecule has 1 atom stereocenters. The minimum Gasteiger partial charge on any atom is -0.466 e. The predicted octanol–water partition coefficient (Wildman–Crippen LogP) is 12.3. The second-order valence-corrected chi connectivity index (χ2v) is 15.9. The molecular formula is C44H85NO5. The molecule has 1 saturated heterocycles. The lowest BCUT2D eigenvalue weighted by Crippen LogP contribution is -2.29. The summed E-state index contributed by atoms with van der Waals surface area (Å²) in [5, 5.41) is 9.54. The molecule has 0 aromatic carbocycles. The van der Waals surface area contributed by atoms with Gasteiger partial charge in [0.1, 0.15) is 6.10 Å². The Kier molecular flexibility index (Phi) is 31.6. The minimum atomic E-state index is -0.0465. The molecule has 1 unspecified atom stereocenters. The molecule has 1 N–H and O–H groups in total. The third-order valence-corrected chi connectivity index (χ3v) is 11.2. The van der Waals surface area contributed by atoms with Gasteiger partial charge in [-0.2, -0.15) is 0 Å². The summed E-state index contributed by atoms with van der Waals surface area (Å²) in [5.74, 6) is -0.0488. The standard InChI is InChI=1S/C44H85NO5/c1-4-7-10-13-16-17-18-21-27-39-49-42(47)32-28-34-44(35-36-45(40-44)37-38-46)33-26-22-25-31-43(48)50-41(29-23-19-14-11-8-5-2)30-24-20-15-12-9-6-3/h41,46H,4-40H2,1-3H3. The summed E-state index contributed by atoms with van der Waals surface area (Å²) in [6.45, 7) is 10.3. The number of unbranched alkanes of at least 4 members (excludes halogenated alkanes) is 20. The Bertz CT molecular complexity index is 760. The summed E-state index contributed by atoms with van der Waals surface area (Å²) in [6.07, 6.45) is 37.0. The molecule has 50 heavy (non-hydrogen) atoms. The Labute approximate surface area is 311 Å². The number of esters is 2. The lowest BCUT2D eigenvalue weighted by Gasteiger charge is -2.30. The molecule has 0 aromatic heterocycles. The van der Waals surface area contributed by atoms with E-state index in [1.54, 1.807) is 0 Å². The SMILES string of the molecule is CCCCCCCCCCCOC(=O)CCCC1(CCCCCC(=O)OC(CCCCCCCC)CCCCCCCC)CCN(CCO)C1. The van der Waals surface area contributed by atoms with Gasteiger partial charge in [-0.15, -0.1) is 0 Å². The molecule has 6 heteroatoms. The summed E-state index contributed by atoms with van der Waals surface area (Å²) in [4.78, 5) is 27.8. The highest BCUT2D eigenvalue weighted by atomic mass is 16.5. The molecule has 1 heterocycles. The zero-order valence-corrected chi connectivity index (χ0v) is 33.8. The van der Waals surface area contributed by atoms with Crippen molar-refractivity contribution in [3.63, 3.8) is 0 Å². The molecule has 296 valence electrons. The maximum atomic E-state index is 12.9. The second-order valence-electron chi connectivity index (χ2n) is 15.9. The molecule has 1 aliphatic heterocycles. The van der Waals surface area contributed by atoms with Crippen molar-refractivity contribution < 1.29 is 24.2 Å². The molecule has 0 aromatic rings. The number of β-amino-alcohol motifs (C(OH)–C–C–N with tert-alkyl or cyclic N) is 1. The van der Waals surface area contributed by atoms with Crippen LogP contribution in [-0.4, -0.2) is 60.9 Å². The van der Waals surface area contributed by atoms with Crippen molar-refractivity contribution in [2.75, 3.05) is 32.8 Å². The van der Waals surface area contributed by atoms with Crippen LogP contribution in [-0.2, 0) is 19.1 Å². The van der Waals surface area contributed by atoms with Crippen LogP contribution in [0, 0.1) is 5.41 Å². The molecule has 0 spiro atoms. The van der Waals surface area contributed by atoms with Crippen LogP contribution in [0.25, 0.3) is 0 Å². The summed E-state index contributed by atoms with van der Waals surface area (Å²) in [5.41, 5.74) is 0.201. The molecule has 0 saturated carbocycles. The van der Waals surface area contributed by atoms with Crippen LogP contribution in [0.5, 0.6) is 0 Å². The van der Waals surface area contributed by atoms with Gasteiger partial charge in [-0.25, -0.2) is 0 Å². The molecule has 1 fully saturated rings. The van der Waals surface area contributed by atoms with Crippen molar-refractivity contribution >= 4 is 11.9 Å². The topological polar surface area (TPSA) is 76.1 Å². The van der Waals surface area contributed by atoms with Crippen LogP contribution in [0.2, 0.25) is 0 Å². The van der Waals surface area contributed by atoms with E-state index >= 15 is 0 Å². The second kappa shape index (κ2) is 33.7. The fraction of sp³-hybridized carbons (Fsp3) is 0.955. The maximum Gasteiger partial charge on any atom is 0.306 e. The van der Waals surface area contributed by atoms with E-state index in [1.165, 1.54) is 122 Å². The number of aliphatic hydroxyl groups excluding tert-OH is 1. The molecule has 0 bridgehead atoms. The van der Waals surface area contributed by atoms with Gasteiger partial charge in [0.15, 0.2) is 0 Å². The van der Waals surface area contributed by atoms with Crippen LogP contribution in [0.1, 0.15) is 226 Å². The smallest absolute Gasteiger partial charge is 0.306 e. The molecule has 0 radical (unpaired) electrons. The number of hydrogen-bond acceptors (Lipinski definition) is 6. The van der Waals surface area contributed by atoms with Crippen LogP contribution in [0.4, 0.5) is 0 Å². The zero-order valence-electron chi connectivity index (χ0n) is 33.8. The molecular weight excluding hydrogens is 622 g/mol. The van der Waals surface area contributed by atoms with Crippen LogP contribution in [0.15, 0.2) is 0 Å². The van der Waals surface area contributed by atoms with E-state index < -0.39 is 0 Å². The minimum absolute atomic E-state index is 0.00223. The molecule has 0 amide bonds. The van der Waals surface area contributed by atoms with Crippen LogP contribution in [0.3, 0.4) is 0 Å². The Hall–Kier alpha value is -1.14. The van der Waals surface area contributed by atoms with Gasteiger partial charge >= 0.3 is 11.9 Å². The van der Waals surface area contributed by atoms with Gasteiger partial charge in [-0.3, -0.25) is 9.59 Å². The first kappa shape index (κ1) is 46.9. The quantitative estimate of drug-likeness (QED) is 0.0512. The maximum absolute atomic E-state index is 12.9. The van der Waals surface area contributed by atoms with Gasteiger partial charge < -0.3 is 19.5 Å². The number of aliphatic hydroxyl groups is 1. The van der Waals surface area contributed by atoms with E-state index in [0.717, 1.165) is 90.3 Å². The highest BCUT2D eigenvalue weighted by Gasteiger charge is 2.36. The van der Waals surface area contributed by atoms with Crippen molar-refractivity contribution in [1.82, 2.24) is 4.90 Å². The largest absolute Gasteiger partial charge is 0.466 e. The first-order valence-corrected chi connectivity index (χ1v) is 22.2. The van der Waals surface area contributed by atoms with Crippen LogP contribution < -0.4 is 0 Å². The average molecular weight is 708 g/mol. The van der Waals surface area contributed by atoms with Crippen molar-refractivity contribution in [3.8, 4) is 0 Å². The zero-order chi connectivity index (χ0) is 36.4. The van der Waals surface area contributed by atoms with E-state index in [1.807, 2.05) is 0 Å². The first-order valence-electron chi connectivity index (χ1n) is 22.2. The fourth-order valence-electron chi connectivity index (χ4n) is 7.93. The van der Waals surface area contributed by atoms with Gasteiger partial charge in [0.25, 0.3) is 0 Å². The molecule has 1 aliphatic rings. The van der Waals surface area contributed by atoms with E-state index in [0.29, 0.717) is 19.4 Å². The number of hydrogen-bond donors (Lipinski definition) is 1. The van der Waals surface area contributed by atoms with E-state index in [2.05, 4.69) is 25.7 Å². The first-order chi connectivity index (χ1) is 24.5. The predicted molar refractivity (Wildman–Crippen MR) is 212 cm³/mol. The summed E-state index contributed by atoms with van der Waals surface area (Å²) in [7, 11) is 0. The Balaban J connectivity index is 2.36. The lowest BCUT2D eigenvalue weighted by atomic mass is 9.77. The van der Waals surface area contributed by atoms with Gasteiger partial charge in [0, 0.05) is 25.9 Å². The number of rotatable bonds is 37. The monoisotopic (exact) mass is 708 g/mol. The number of carbonyl (C=O) groups excluding carboxylic acids is 2. The normalized spacial score (nSPS) is 16.4. The van der Waals surface area contributed by atoms with Crippen molar-refractivity contribution in [1.29, 1.82) is 0 Å². The third kappa shape index (κ3) is 26.6. The Morgan fingerprint density at radius 3 is 1.64 bits per heavy atom. The van der Waals surface area contributed by atoms with E-state index in [-0.39, 0.29) is 30.1 Å². The van der Waals surface area contributed by atoms with Crippen molar-refractivity contribution in [2.45, 2.75) is 232 Å². The Morgan fingerprint density at radius 2 is 1.08 bits per heavy atom. The van der Waals surface area contributed by atoms with E-state index in [9.17, 15) is 14.7 Å². The van der Waals surface area contributed by atoms with Crippen molar-refractivity contribution in [3.05, 3.63) is 0 Å². The van der Waals surface area contributed by atoms with Crippen LogP contribution >= 0.6 is 0 Å². The number of ether oxygens (including phenoxy) is 2. The average Bonchev–Trinajstić information content (AvgIpc) is 3.50. The molecule has 1 rings (SSSR count). The summed E-state index contributed by atoms with van der Waals surface area (Å²) >= 11 is 0. The third-order valence-electron chi connectivity index (χ3n) is 11.2. The molecule has 0 aliphatic carbocycles. The molecule has 6 nitrogen and oxygen atoms in total. The Morgan fingerprint density at radius 1 is 0.600 bits per heavy atom. The number of carbonyl (C=O) groups is 2. The summed E-state index contributed by atoms with van der Waals surface area (Å²) in [6, 6.07) is 0. The summed E-state index contributed by atoms with van der Waals surface area (Å²) < 4.78 is 11.7. The van der Waals surface area contributed by atoms with E-state index in [4.69, 9.17) is 9.47 Å². The van der Waals surface area contributed by atoms with Gasteiger partial charge in [-0.1, -0.05) is 149 Å². The fourth-order valence-corrected chi connectivity index (χ4v) is 7.93. The number of nitrogens with zero attached hydrogens (tertiary/aromatic N) is 1. The van der Waals surface area contributed by atoms with Gasteiger partial charge in [0.2, 0.25) is 0 Å². The van der Waals surface area contributed by atoms with Gasteiger partial charge in [-0.05, 0) is 76.2 Å².